The molecule has 1 aliphatic rings. The summed E-state index contributed by atoms with van der Waals surface area (Å²) in [5.41, 5.74) is 8.60. The van der Waals surface area contributed by atoms with Crippen LogP contribution >= 0.6 is 12.2 Å². The van der Waals surface area contributed by atoms with Gasteiger partial charge in [0, 0.05) is 6.04 Å². The van der Waals surface area contributed by atoms with E-state index < -0.39 is 0 Å². The van der Waals surface area contributed by atoms with Crippen LogP contribution in [-0.4, -0.2) is 21.2 Å². The molecule has 2 rings (SSSR count). The number of hydrogen-bond acceptors (Lipinski definition) is 4. The fraction of sp³-hybridized carbons (Fsp3) is 0.667. The molecular formula is C15H24N4S. The van der Waals surface area contributed by atoms with E-state index in [9.17, 15) is 0 Å². The highest BCUT2D eigenvalue weighted by Gasteiger charge is 2.22. The fourth-order valence-corrected chi connectivity index (χ4v) is 3.23. The van der Waals surface area contributed by atoms with Gasteiger partial charge in [0.05, 0.1) is 11.3 Å². The lowest BCUT2D eigenvalue weighted by Crippen LogP contribution is -2.30. The number of aryl methyl sites for hydroxylation is 1. The molecule has 1 aliphatic carbocycles. The van der Waals surface area contributed by atoms with Crippen LogP contribution in [-0.2, 0) is 0 Å². The zero-order valence-electron chi connectivity index (χ0n) is 12.6. The summed E-state index contributed by atoms with van der Waals surface area (Å²) in [6, 6.07) is 0.375. The van der Waals surface area contributed by atoms with Crippen LogP contribution < -0.4 is 11.1 Å². The second-order valence-corrected chi connectivity index (χ2v) is 6.27. The quantitative estimate of drug-likeness (QED) is 0.835. The Hall–Kier alpha value is -1.23. The summed E-state index contributed by atoms with van der Waals surface area (Å²) in [6.07, 6.45) is 6.60. The van der Waals surface area contributed by atoms with E-state index >= 15 is 0 Å². The molecule has 0 bridgehead atoms. The number of nitrogens with zero attached hydrogens (tertiary/aromatic N) is 2. The average Bonchev–Trinajstić information content (AvgIpc) is 2.43. The van der Waals surface area contributed by atoms with E-state index in [1.807, 2.05) is 13.8 Å². The summed E-state index contributed by atoms with van der Waals surface area (Å²) < 4.78 is 0. The molecule has 0 aromatic carbocycles. The minimum Gasteiger partial charge on any atom is -0.389 e. The maximum atomic E-state index is 5.86. The highest BCUT2D eigenvalue weighted by molar-refractivity contribution is 7.80. The van der Waals surface area contributed by atoms with Gasteiger partial charge in [-0.15, -0.1) is 5.10 Å². The fourth-order valence-electron chi connectivity index (χ4n) is 2.98. The number of thiocarbonyl (C=S) groups is 1. The Morgan fingerprint density at radius 1 is 1.25 bits per heavy atom. The molecule has 0 spiro atoms. The Kier molecular flexibility index (Phi) is 4.91. The van der Waals surface area contributed by atoms with Crippen molar-refractivity contribution in [2.75, 3.05) is 5.32 Å². The summed E-state index contributed by atoms with van der Waals surface area (Å²) in [5, 5.41) is 11.9. The largest absolute Gasteiger partial charge is 0.389 e. The number of aromatic nitrogens is 2. The lowest BCUT2D eigenvalue weighted by Gasteiger charge is -2.29. The van der Waals surface area contributed by atoms with Crippen LogP contribution in [0.2, 0.25) is 0 Å². The van der Waals surface area contributed by atoms with Gasteiger partial charge in [0.15, 0.2) is 5.82 Å². The van der Waals surface area contributed by atoms with E-state index in [2.05, 4.69) is 22.4 Å². The van der Waals surface area contributed by atoms with Crippen molar-refractivity contribution in [1.82, 2.24) is 10.2 Å². The molecule has 1 unspecified atom stereocenters. The van der Waals surface area contributed by atoms with Crippen molar-refractivity contribution in [2.24, 2.45) is 11.7 Å². The van der Waals surface area contributed by atoms with Gasteiger partial charge in [-0.25, -0.2) is 0 Å². The van der Waals surface area contributed by atoms with Gasteiger partial charge in [0.1, 0.15) is 4.99 Å². The van der Waals surface area contributed by atoms with Crippen molar-refractivity contribution < 1.29 is 0 Å². The summed E-state index contributed by atoms with van der Waals surface area (Å²) in [4.78, 5) is 0.388. The zero-order chi connectivity index (χ0) is 14.7. The van der Waals surface area contributed by atoms with Crippen LogP contribution in [0.4, 0.5) is 5.82 Å². The topological polar surface area (TPSA) is 63.8 Å². The molecule has 110 valence electrons. The minimum atomic E-state index is 0.375. The van der Waals surface area contributed by atoms with Gasteiger partial charge in [0.25, 0.3) is 0 Å². The average molecular weight is 292 g/mol. The molecule has 0 aliphatic heterocycles. The van der Waals surface area contributed by atoms with Crippen LogP contribution in [0, 0.1) is 19.8 Å². The highest BCUT2D eigenvalue weighted by atomic mass is 32.1. The Morgan fingerprint density at radius 2 is 1.90 bits per heavy atom. The summed E-state index contributed by atoms with van der Waals surface area (Å²) in [6.45, 7) is 6.14. The second kappa shape index (κ2) is 6.48. The zero-order valence-corrected chi connectivity index (χ0v) is 13.4. The second-order valence-electron chi connectivity index (χ2n) is 5.83. The molecule has 1 aromatic rings. The van der Waals surface area contributed by atoms with E-state index in [1.165, 1.54) is 32.1 Å². The maximum absolute atomic E-state index is 5.86. The van der Waals surface area contributed by atoms with Crippen molar-refractivity contribution in [3.05, 3.63) is 16.8 Å². The Balaban J connectivity index is 2.20. The Labute approximate surface area is 126 Å². The van der Waals surface area contributed by atoms with Gasteiger partial charge >= 0.3 is 0 Å². The lowest BCUT2D eigenvalue weighted by atomic mass is 9.84. The van der Waals surface area contributed by atoms with Crippen LogP contribution in [0.3, 0.4) is 0 Å². The number of nitrogens with two attached hydrogens (primary N) is 1. The molecule has 1 atom stereocenters. The van der Waals surface area contributed by atoms with Gasteiger partial charge < -0.3 is 11.1 Å². The number of nitrogens with one attached hydrogen (secondary N) is 1. The summed E-state index contributed by atoms with van der Waals surface area (Å²) >= 11 is 5.18. The van der Waals surface area contributed by atoms with Gasteiger partial charge in [-0.2, -0.15) is 5.10 Å². The molecule has 3 N–H and O–H groups in total. The van der Waals surface area contributed by atoms with Crippen molar-refractivity contribution in [3.8, 4) is 0 Å². The summed E-state index contributed by atoms with van der Waals surface area (Å²) in [5.74, 6) is 1.44. The third kappa shape index (κ3) is 3.26. The maximum Gasteiger partial charge on any atom is 0.159 e. The van der Waals surface area contributed by atoms with Crippen molar-refractivity contribution >= 4 is 23.0 Å². The van der Waals surface area contributed by atoms with Gasteiger partial charge in [-0.3, -0.25) is 0 Å². The third-order valence-electron chi connectivity index (χ3n) is 4.42. The van der Waals surface area contributed by atoms with Crippen molar-refractivity contribution in [3.63, 3.8) is 0 Å². The van der Waals surface area contributed by atoms with Crippen LogP contribution in [0.1, 0.15) is 55.8 Å². The van der Waals surface area contributed by atoms with Gasteiger partial charge in [-0.05, 0) is 45.1 Å². The first kappa shape index (κ1) is 15.2. The molecule has 0 amide bonds. The molecular weight excluding hydrogens is 268 g/mol. The van der Waals surface area contributed by atoms with E-state index in [0.717, 1.165) is 22.6 Å². The predicted molar refractivity (Wildman–Crippen MR) is 87.1 cm³/mol. The van der Waals surface area contributed by atoms with E-state index in [1.54, 1.807) is 0 Å². The first-order valence-electron chi connectivity index (χ1n) is 7.41. The SMILES string of the molecule is Cc1nnc(NC(C)C2CCCCC2)c(C(N)=S)c1C. The number of anilines is 1. The normalized spacial score (nSPS) is 17.8. The molecule has 5 heteroatoms. The van der Waals surface area contributed by atoms with Gasteiger partial charge in [-0.1, -0.05) is 31.5 Å². The molecule has 20 heavy (non-hydrogen) atoms. The van der Waals surface area contributed by atoms with E-state index in [-0.39, 0.29) is 0 Å². The van der Waals surface area contributed by atoms with Crippen LogP contribution in [0.15, 0.2) is 0 Å². The molecule has 1 fully saturated rings. The van der Waals surface area contributed by atoms with Gasteiger partial charge in [0.2, 0.25) is 0 Å². The van der Waals surface area contributed by atoms with Crippen molar-refractivity contribution in [2.45, 2.75) is 58.9 Å². The molecule has 1 heterocycles. The number of hydrogen-bond donors (Lipinski definition) is 2. The Morgan fingerprint density at radius 3 is 2.50 bits per heavy atom. The lowest BCUT2D eigenvalue weighted by molar-refractivity contribution is 0.328. The molecule has 4 nitrogen and oxygen atoms in total. The minimum absolute atomic E-state index is 0.375. The summed E-state index contributed by atoms with van der Waals surface area (Å²) in [7, 11) is 0. The highest BCUT2D eigenvalue weighted by Crippen LogP contribution is 2.28. The standard InChI is InChI=1S/C15H24N4S/c1-9-10(2)18-19-15(13(9)14(16)20)17-11(3)12-7-5-4-6-8-12/h11-12H,4-8H2,1-3H3,(H2,16,20)(H,17,19). The molecule has 1 aromatic heterocycles. The smallest absolute Gasteiger partial charge is 0.159 e. The van der Waals surface area contributed by atoms with E-state index in [4.69, 9.17) is 18.0 Å². The Bertz CT molecular complexity index is 495. The predicted octanol–water partition coefficient (Wildman–Crippen LogP) is 3.11. The van der Waals surface area contributed by atoms with Crippen molar-refractivity contribution in [1.29, 1.82) is 0 Å². The molecule has 1 saturated carbocycles. The first-order chi connectivity index (χ1) is 9.50. The molecule has 0 radical (unpaired) electrons. The monoisotopic (exact) mass is 292 g/mol. The van der Waals surface area contributed by atoms with Crippen LogP contribution in [0.5, 0.6) is 0 Å². The third-order valence-corrected chi connectivity index (χ3v) is 4.63. The molecule has 0 saturated heterocycles. The number of rotatable bonds is 4. The van der Waals surface area contributed by atoms with Crippen LogP contribution in [0.25, 0.3) is 0 Å². The first-order valence-corrected chi connectivity index (χ1v) is 7.81. The van der Waals surface area contributed by atoms with E-state index in [0.29, 0.717) is 16.9 Å².